The van der Waals surface area contributed by atoms with Crippen LogP contribution < -0.4 is 0 Å². The molecule has 1 aliphatic carbocycles. The zero-order chi connectivity index (χ0) is 20.2. The summed E-state index contributed by atoms with van der Waals surface area (Å²) >= 11 is 13.4. The molecule has 4 heteroatoms. The largest absolute Gasteiger partial charge is 0.508 e. The van der Waals surface area contributed by atoms with Crippen LogP contribution in [0.2, 0.25) is 10.0 Å². The predicted molar refractivity (Wildman–Crippen MR) is 117 cm³/mol. The van der Waals surface area contributed by atoms with Crippen molar-refractivity contribution in [1.29, 1.82) is 0 Å². The molecule has 0 spiro atoms. The van der Waals surface area contributed by atoms with Gasteiger partial charge in [0.05, 0.1) is 5.41 Å². The maximum atomic E-state index is 9.97. The van der Waals surface area contributed by atoms with Gasteiger partial charge in [-0.1, -0.05) is 83.9 Å². The van der Waals surface area contributed by atoms with E-state index in [-0.39, 0.29) is 11.5 Å². The number of benzene rings is 4. The lowest BCUT2D eigenvalue weighted by Crippen LogP contribution is -2.29. The Morgan fingerprint density at radius 1 is 0.517 bits per heavy atom. The Labute approximate surface area is 178 Å². The fourth-order valence-corrected chi connectivity index (χ4v) is 5.21. The number of halogens is 2. The van der Waals surface area contributed by atoms with Crippen molar-refractivity contribution in [3.63, 3.8) is 0 Å². The second-order valence-electron chi connectivity index (χ2n) is 7.17. The van der Waals surface area contributed by atoms with Gasteiger partial charge in [-0.15, -0.1) is 0 Å². The van der Waals surface area contributed by atoms with E-state index in [4.69, 9.17) is 23.2 Å². The average Bonchev–Trinajstić information content (AvgIpc) is 3.00. The van der Waals surface area contributed by atoms with Gasteiger partial charge in [-0.05, 0) is 57.6 Å². The number of aromatic hydroxyl groups is 2. The van der Waals surface area contributed by atoms with Gasteiger partial charge in [-0.25, -0.2) is 0 Å². The van der Waals surface area contributed by atoms with Crippen molar-refractivity contribution in [2.45, 2.75) is 5.41 Å². The highest BCUT2D eigenvalue weighted by molar-refractivity contribution is 6.33. The summed E-state index contributed by atoms with van der Waals surface area (Å²) in [5.74, 6) is 0.204. The van der Waals surface area contributed by atoms with Gasteiger partial charge in [-0.3, -0.25) is 0 Å². The summed E-state index contributed by atoms with van der Waals surface area (Å²) in [7, 11) is 0. The van der Waals surface area contributed by atoms with E-state index in [9.17, 15) is 10.2 Å². The van der Waals surface area contributed by atoms with E-state index in [0.717, 1.165) is 33.4 Å². The molecule has 0 bridgehead atoms. The van der Waals surface area contributed by atoms with Crippen LogP contribution in [0.5, 0.6) is 11.5 Å². The van der Waals surface area contributed by atoms with Gasteiger partial charge in [0.2, 0.25) is 0 Å². The van der Waals surface area contributed by atoms with Gasteiger partial charge in [0.15, 0.2) is 0 Å². The smallest absolute Gasteiger partial charge is 0.117 e. The Kier molecular flexibility index (Phi) is 4.09. The van der Waals surface area contributed by atoms with Crippen molar-refractivity contribution in [1.82, 2.24) is 0 Å². The van der Waals surface area contributed by atoms with Crippen molar-refractivity contribution in [2.75, 3.05) is 0 Å². The maximum absolute atomic E-state index is 9.97. The van der Waals surface area contributed by atoms with Crippen LogP contribution in [0.15, 0.2) is 84.9 Å². The lowest BCUT2D eigenvalue weighted by molar-refractivity contribution is 0.475. The monoisotopic (exact) mass is 418 g/mol. The number of hydrogen-bond donors (Lipinski definition) is 2. The molecule has 0 saturated heterocycles. The van der Waals surface area contributed by atoms with Gasteiger partial charge >= 0.3 is 0 Å². The number of rotatable bonds is 2. The minimum atomic E-state index is -0.775. The Balaban J connectivity index is 2.00. The average molecular weight is 419 g/mol. The van der Waals surface area contributed by atoms with Crippen molar-refractivity contribution in [3.8, 4) is 22.6 Å². The van der Waals surface area contributed by atoms with Crippen LogP contribution in [-0.2, 0) is 5.41 Å². The summed E-state index contributed by atoms with van der Waals surface area (Å²) in [5, 5.41) is 20.8. The number of fused-ring (bicyclic) bond motifs is 3. The van der Waals surface area contributed by atoms with Crippen LogP contribution in [0, 0.1) is 0 Å². The van der Waals surface area contributed by atoms with E-state index in [2.05, 4.69) is 24.3 Å². The summed E-state index contributed by atoms with van der Waals surface area (Å²) in [6.07, 6.45) is 0. The molecule has 0 saturated carbocycles. The van der Waals surface area contributed by atoms with Crippen LogP contribution in [0.25, 0.3) is 11.1 Å². The highest BCUT2D eigenvalue weighted by atomic mass is 35.5. The number of hydrogen-bond acceptors (Lipinski definition) is 2. The molecule has 29 heavy (non-hydrogen) atoms. The Bertz CT molecular complexity index is 1160. The molecule has 0 heterocycles. The summed E-state index contributed by atoms with van der Waals surface area (Å²) in [6.45, 7) is 0. The summed E-state index contributed by atoms with van der Waals surface area (Å²) in [4.78, 5) is 0. The summed E-state index contributed by atoms with van der Waals surface area (Å²) in [5.41, 5.74) is 5.20. The van der Waals surface area contributed by atoms with Crippen LogP contribution >= 0.6 is 23.2 Å². The summed E-state index contributed by atoms with van der Waals surface area (Å²) < 4.78 is 0. The van der Waals surface area contributed by atoms with Gasteiger partial charge in [-0.2, -0.15) is 0 Å². The minimum absolute atomic E-state index is 0.102. The molecule has 0 aromatic heterocycles. The first kappa shape index (κ1) is 18.1. The van der Waals surface area contributed by atoms with Gasteiger partial charge in [0.25, 0.3) is 0 Å². The van der Waals surface area contributed by atoms with E-state index >= 15 is 0 Å². The van der Waals surface area contributed by atoms with E-state index in [1.807, 2.05) is 36.4 Å². The van der Waals surface area contributed by atoms with E-state index in [1.54, 1.807) is 24.3 Å². The molecule has 4 aromatic rings. The number of phenols is 2. The zero-order valence-corrected chi connectivity index (χ0v) is 16.7. The van der Waals surface area contributed by atoms with Gasteiger partial charge in [0.1, 0.15) is 11.5 Å². The minimum Gasteiger partial charge on any atom is -0.508 e. The molecule has 2 N–H and O–H groups in total. The van der Waals surface area contributed by atoms with Crippen molar-refractivity contribution < 1.29 is 10.2 Å². The fourth-order valence-electron chi connectivity index (χ4n) is 4.58. The standard InChI is InChI=1S/C25H16Cl2O2/c26-23-13-15(28)9-11-21(23)25(22-12-10-16(29)14-24(22)27)19-7-3-1-5-17(19)18-6-2-4-8-20(18)25/h1-14,28-29H. The lowest BCUT2D eigenvalue weighted by atomic mass is 9.67. The summed E-state index contributed by atoms with van der Waals surface area (Å²) in [6, 6.07) is 26.5. The molecule has 5 rings (SSSR count). The first-order chi connectivity index (χ1) is 14.0. The van der Waals surface area contributed by atoms with E-state index in [0.29, 0.717) is 10.0 Å². The normalized spacial score (nSPS) is 13.7. The van der Waals surface area contributed by atoms with Crippen LogP contribution in [0.4, 0.5) is 0 Å². The second kappa shape index (κ2) is 6.55. The molecule has 0 amide bonds. The third-order valence-corrected chi connectivity index (χ3v) is 6.29. The number of phenolic OH excluding ortho intramolecular Hbond substituents is 2. The Hall–Kier alpha value is -2.94. The zero-order valence-electron chi connectivity index (χ0n) is 15.2. The van der Waals surface area contributed by atoms with E-state index in [1.165, 1.54) is 0 Å². The van der Waals surface area contributed by atoms with Gasteiger partial charge < -0.3 is 10.2 Å². The molecular weight excluding hydrogens is 403 g/mol. The first-order valence-corrected chi connectivity index (χ1v) is 9.96. The lowest BCUT2D eigenvalue weighted by Gasteiger charge is -2.35. The van der Waals surface area contributed by atoms with Crippen molar-refractivity contribution >= 4 is 23.2 Å². The Morgan fingerprint density at radius 2 is 0.931 bits per heavy atom. The van der Waals surface area contributed by atoms with Gasteiger partial charge in [0, 0.05) is 10.0 Å². The third-order valence-electron chi connectivity index (χ3n) is 5.67. The van der Waals surface area contributed by atoms with Crippen LogP contribution in [0.3, 0.4) is 0 Å². The topological polar surface area (TPSA) is 40.5 Å². The van der Waals surface area contributed by atoms with Crippen LogP contribution in [0.1, 0.15) is 22.3 Å². The highest BCUT2D eigenvalue weighted by Crippen LogP contribution is 2.58. The highest BCUT2D eigenvalue weighted by Gasteiger charge is 2.48. The quantitative estimate of drug-likeness (QED) is 0.332. The molecule has 1 aliphatic rings. The first-order valence-electron chi connectivity index (χ1n) is 9.21. The molecule has 0 fully saturated rings. The molecule has 0 radical (unpaired) electrons. The Morgan fingerprint density at radius 3 is 1.34 bits per heavy atom. The van der Waals surface area contributed by atoms with Crippen molar-refractivity contribution in [3.05, 3.63) is 117 Å². The SMILES string of the molecule is Oc1ccc(C2(c3ccc(O)cc3Cl)c3ccccc3-c3ccccc32)c(Cl)c1. The third kappa shape index (κ3) is 2.50. The van der Waals surface area contributed by atoms with Crippen LogP contribution in [-0.4, -0.2) is 10.2 Å². The molecule has 2 nitrogen and oxygen atoms in total. The molecule has 142 valence electrons. The molecule has 0 atom stereocenters. The molecule has 0 unspecified atom stereocenters. The van der Waals surface area contributed by atoms with Crippen molar-refractivity contribution in [2.24, 2.45) is 0 Å². The predicted octanol–water partition coefficient (Wildman–Crippen LogP) is 6.77. The second-order valence-corrected chi connectivity index (χ2v) is 7.98. The van der Waals surface area contributed by atoms with E-state index < -0.39 is 5.41 Å². The molecule has 0 aliphatic heterocycles. The molecular formula is C25H16Cl2O2. The maximum Gasteiger partial charge on any atom is 0.117 e. The fraction of sp³-hybridized carbons (Fsp3) is 0.0400. The molecule has 4 aromatic carbocycles.